The summed E-state index contributed by atoms with van der Waals surface area (Å²) in [7, 11) is 0. The molecule has 0 saturated carbocycles. The molecule has 210 valence electrons. The summed E-state index contributed by atoms with van der Waals surface area (Å²) < 4.78 is 0. The lowest BCUT2D eigenvalue weighted by Gasteiger charge is -2.34. The van der Waals surface area contributed by atoms with Crippen LogP contribution in [-0.2, 0) is 0 Å². The molecule has 0 saturated heterocycles. The Kier molecular flexibility index (Phi) is 25.1. The van der Waals surface area contributed by atoms with Crippen molar-refractivity contribution in [1.82, 2.24) is 5.32 Å². The van der Waals surface area contributed by atoms with Crippen LogP contribution in [-0.4, -0.2) is 13.1 Å². The largest absolute Gasteiger partial charge is 0.317 e. The molecular weight excluding hydrogens is 422 g/mol. The Morgan fingerprint density at radius 2 is 1.20 bits per heavy atom. The molecule has 0 heterocycles. The zero-order valence-corrected chi connectivity index (χ0v) is 25.5. The highest BCUT2D eigenvalue weighted by molar-refractivity contribution is 4.77. The normalized spacial score (nSPS) is 16.1. The Bertz CT molecular complexity index is 430. The molecule has 0 rings (SSSR count). The topological polar surface area (TPSA) is 12.0 Å². The molecule has 1 nitrogen and oxygen atoms in total. The molecule has 0 aliphatic carbocycles. The molecule has 0 aliphatic heterocycles. The number of hydrogen-bond acceptors (Lipinski definition) is 1. The van der Waals surface area contributed by atoms with E-state index in [9.17, 15) is 0 Å². The molecule has 0 spiro atoms. The number of allylic oxidation sites excluding steroid dienone is 1. The first-order chi connectivity index (χ1) is 17.0. The van der Waals surface area contributed by atoms with Crippen molar-refractivity contribution >= 4 is 0 Å². The molecule has 0 fully saturated rings. The summed E-state index contributed by atoms with van der Waals surface area (Å²) in [4.78, 5) is 0. The van der Waals surface area contributed by atoms with Crippen molar-refractivity contribution in [3.05, 3.63) is 12.7 Å². The van der Waals surface area contributed by atoms with E-state index in [-0.39, 0.29) is 0 Å². The van der Waals surface area contributed by atoms with Gasteiger partial charge in [0.2, 0.25) is 0 Å². The summed E-state index contributed by atoms with van der Waals surface area (Å²) in [6, 6.07) is 0. The quantitative estimate of drug-likeness (QED) is 0.0889. The van der Waals surface area contributed by atoms with Crippen LogP contribution in [0.15, 0.2) is 12.7 Å². The van der Waals surface area contributed by atoms with Crippen molar-refractivity contribution in [3.8, 4) is 0 Å². The van der Waals surface area contributed by atoms with E-state index in [1.54, 1.807) is 0 Å². The first-order valence-electron chi connectivity index (χ1n) is 16.3. The predicted molar refractivity (Wildman–Crippen MR) is 162 cm³/mol. The molecule has 1 N–H and O–H groups in total. The third kappa shape index (κ3) is 19.5. The summed E-state index contributed by atoms with van der Waals surface area (Å²) in [6.07, 6.45) is 28.5. The second kappa shape index (κ2) is 25.4. The molecular formula is C34H69N. The Balaban J connectivity index is 4.44. The number of unbranched alkanes of at least 4 members (excludes halogenated alkanes) is 12. The van der Waals surface area contributed by atoms with Crippen LogP contribution in [0.5, 0.6) is 0 Å². The Labute approximate surface area is 224 Å². The molecule has 35 heavy (non-hydrogen) atoms. The summed E-state index contributed by atoms with van der Waals surface area (Å²) in [5.74, 6) is 4.38. The van der Waals surface area contributed by atoms with Gasteiger partial charge in [-0.3, -0.25) is 0 Å². The molecule has 0 radical (unpaired) electrons. The monoisotopic (exact) mass is 492 g/mol. The van der Waals surface area contributed by atoms with Gasteiger partial charge >= 0.3 is 0 Å². The molecule has 0 aromatic carbocycles. The Hall–Kier alpha value is -0.300. The third-order valence-corrected chi connectivity index (χ3v) is 9.04. The maximum atomic E-state index is 3.83. The van der Waals surface area contributed by atoms with Gasteiger partial charge in [-0.05, 0) is 74.8 Å². The van der Waals surface area contributed by atoms with Crippen molar-refractivity contribution in [2.45, 2.75) is 164 Å². The summed E-state index contributed by atoms with van der Waals surface area (Å²) in [6.45, 7) is 21.0. The number of hydrogen-bond donors (Lipinski definition) is 1. The van der Waals surface area contributed by atoms with Crippen molar-refractivity contribution < 1.29 is 0 Å². The van der Waals surface area contributed by atoms with Gasteiger partial charge in [-0.25, -0.2) is 0 Å². The minimum atomic E-state index is 0.853. The standard InChI is InChI=1S/C34H69N/c1-8-12-14-16-17-18-19-20-21-23-25-31(6)34(26-28-35-27-24-22-15-13-9-2)32(7)29-33(11-4)30(5)10-3/h8,30-35H,1,9-29H2,2-7H3. The van der Waals surface area contributed by atoms with E-state index in [1.807, 2.05) is 0 Å². The van der Waals surface area contributed by atoms with Gasteiger partial charge in [-0.1, -0.05) is 138 Å². The molecule has 5 atom stereocenters. The molecule has 0 aliphatic rings. The second-order valence-corrected chi connectivity index (χ2v) is 12.1. The Morgan fingerprint density at radius 3 is 1.80 bits per heavy atom. The van der Waals surface area contributed by atoms with E-state index in [2.05, 4.69) is 59.5 Å². The van der Waals surface area contributed by atoms with Gasteiger partial charge in [0, 0.05) is 0 Å². The van der Waals surface area contributed by atoms with Crippen LogP contribution >= 0.6 is 0 Å². The van der Waals surface area contributed by atoms with Crippen LogP contribution in [0.3, 0.4) is 0 Å². The molecule has 1 heteroatoms. The second-order valence-electron chi connectivity index (χ2n) is 12.1. The van der Waals surface area contributed by atoms with Crippen molar-refractivity contribution in [3.63, 3.8) is 0 Å². The van der Waals surface area contributed by atoms with Gasteiger partial charge in [0.15, 0.2) is 0 Å². The van der Waals surface area contributed by atoms with Crippen LogP contribution in [0.2, 0.25) is 0 Å². The van der Waals surface area contributed by atoms with E-state index in [1.165, 1.54) is 135 Å². The molecule has 0 bridgehead atoms. The zero-order chi connectivity index (χ0) is 26.2. The van der Waals surface area contributed by atoms with Gasteiger partial charge in [-0.2, -0.15) is 0 Å². The zero-order valence-electron chi connectivity index (χ0n) is 25.5. The highest BCUT2D eigenvalue weighted by atomic mass is 14.8. The van der Waals surface area contributed by atoms with Crippen molar-refractivity contribution in [2.24, 2.45) is 29.6 Å². The lowest BCUT2D eigenvalue weighted by molar-refractivity contribution is 0.169. The van der Waals surface area contributed by atoms with E-state index in [0.717, 1.165) is 29.6 Å². The average Bonchev–Trinajstić information content (AvgIpc) is 2.86. The highest BCUT2D eigenvalue weighted by Crippen LogP contribution is 2.35. The van der Waals surface area contributed by atoms with Gasteiger partial charge in [-0.15, -0.1) is 6.58 Å². The summed E-state index contributed by atoms with van der Waals surface area (Å²) in [5, 5.41) is 3.81. The van der Waals surface area contributed by atoms with Crippen LogP contribution in [0.1, 0.15) is 164 Å². The van der Waals surface area contributed by atoms with Crippen LogP contribution in [0.25, 0.3) is 0 Å². The average molecular weight is 492 g/mol. The fourth-order valence-corrected chi connectivity index (χ4v) is 6.19. The smallest absolute Gasteiger partial charge is 0.00461 e. The summed E-state index contributed by atoms with van der Waals surface area (Å²) >= 11 is 0. The van der Waals surface area contributed by atoms with Crippen LogP contribution in [0, 0.1) is 29.6 Å². The van der Waals surface area contributed by atoms with E-state index < -0.39 is 0 Å². The van der Waals surface area contributed by atoms with Crippen LogP contribution in [0.4, 0.5) is 0 Å². The van der Waals surface area contributed by atoms with Gasteiger partial charge < -0.3 is 5.32 Å². The maximum absolute atomic E-state index is 3.83. The van der Waals surface area contributed by atoms with Crippen LogP contribution < -0.4 is 5.32 Å². The maximum Gasteiger partial charge on any atom is -0.00461 e. The first-order valence-corrected chi connectivity index (χ1v) is 16.3. The van der Waals surface area contributed by atoms with Crippen molar-refractivity contribution in [2.75, 3.05) is 13.1 Å². The van der Waals surface area contributed by atoms with Gasteiger partial charge in [0.1, 0.15) is 0 Å². The summed E-state index contributed by atoms with van der Waals surface area (Å²) in [5.41, 5.74) is 0. The fourth-order valence-electron chi connectivity index (χ4n) is 6.19. The molecule has 5 unspecified atom stereocenters. The van der Waals surface area contributed by atoms with E-state index in [0.29, 0.717) is 0 Å². The minimum absolute atomic E-state index is 0.853. The van der Waals surface area contributed by atoms with E-state index >= 15 is 0 Å². The predicted octanol–water partition coefficient (Wildman–Crippen LogP) is 11.4. The number of rotatable bonds is 27. The fraction of sp³-hybridized carbons (Fsp3) is 0.941. The minimum Gasteiger partial charge on any atom is -0.317 e. The molecule has 0 amide bonds. The molecule has 0 aromatic heterocycles. The Morgan fingerprint density at radius 1 is 0.600 bits per heavy atom. The highest BCUT2D eigenvalue weighted by Gasteiger charge is 2.26. The van der Waals surface area contributed by atoms with Crippen molar-refractivity contribution in [1.29, 1.82) is 0 Å². The lowest BCUT2D eigenvalue weighted by atomic mass is 9.72. The first kappa shape index (κ1) is 34.7. The van der Waals surface area contributed by atoms with Gasteiger partial charge in [0.05, 0.1) is 0 Å². The molecule has 0 aromatic rings. The van der Waals surface area contributed by atoms with Gasteiger partial charge in [0.25, 0.3) is 0 Å². The number of nitrogens with one attached hydrogen (secondary N) is 1. The lowest BCUT2D eigenvalue weighted by Crippen LogP contribution is -2.28. The SMILES string of the molecule is C=CCCCCCCCCCCC(C)C(CCNCCCCCCC)C(C)CC(CC)C(C)CC. The third-order valence-electron chi connectivity index (χ3n) is 9.04. The van der Waals surface area contributed by atoms with E-state index in [4.69, 9.17) is 0 Å².